The number of aromatic nitrogens is 2. The first-order valence-corrected chi connectivity index (χ1v) is 7.82. The molecule has 0 aliphatic rings. The molecule has 1 aromatic carbocycles. The van der Waals surface area contributed by atoms with Gasteiger partial charge in [-0.25, -0.2) is 8.42 Å². The average Bonchev–Trinajstić information content (AvgIpc) is 2.87. The Labute approximate surface area is 118 Å². The Hall–Kier alpha value is -2.02. The van der Waals surface area contributed by atoms with Crippen LogP contribution in [-0.2, 0) is 16.6 Å². The quantitative estimate of drug-likeness (QED) is 0.885. The van der Waals surface area contributed by atoms with Crippen molar-refractivity contribution in [3.63, 3.8) is 0 Å². The number of benzene rings is 1. The predicted octanol–water partition coefficient (Wildman–Crippen LogP) is 2.10. The first-order valence-electron chi connectivity index (χ1n) is 6.34. The Kier molecular flexibility index (Phi) is 4.29. The lowest BCUT2D eigenvalue weighted by atomic mass is 10.3. The van der Waals surface area contributed by atoms with E-state index in [2.05, 4.69) is 9.82 Å². The summed E-state index contributed by atoms with van der Waals surface area (Å²) in [5, 5.41) is 4.09. The van der Waals surface area contributed by atoms with Crippen LogP contribution in [0.4, 0.5) is 5.82 Å². The largest absolute Gasteiger partial charge is 0.494 e. The molecule has 0 aliphatic heterocycles. The third kappa shape index (κ3) is 3.30. The van der Waals surface area contributed by atoms with Crippen molar-refractivity contribution >= 4 is 15.8 Å². The van der Waals surface area contributed by atoms with Gasteiger partial charge in [0.05, 0.1) is 11.5 Å². The number of rotatable bonds is 6. The maximum absolute atomic E-state index is 12.2. The first-order chi connectivity index (χ1) is 9.55. The fraction of sp³-hybridized carbons (Fsp3) is 0.308. The van der Waals surface area contributed by atoms with Crippen molar-refractivity contribution in [2.75, 3.05) is 11.3 Å². The van der Waals surface area contributed by atoms with Gasteiger partial charge in [-0.15, -0.1) is 0 Å². The lowest BCUT2D eigenvalue weighted by Crippen LogP contribution is -2.13. The van der Waals surface area contributed by atoms with E-state index in [1.54, 1.807) is 29.1 Å². The summed E-state index contributed by atoms with van der Waals surface area (Å²) in [6, 6.07) is 7.88. The van der Waals surface area contributed by atoms with Gasteiger partial charge in [-0.05, 0) is 38.1 Å². The molecule has 7 heteroatoms. The molecular formula is C13H17N3O3S. The zero-order valence-electron chi connectivity index (χ0n) is 11.4. The Morgan fingerprint density at radius 2 is 1.90 bits per heavy atom. The van der Waals surface area contributed by atoms with Gasteiger partial charge in [0.2, 0.25) is 0 Å². The summed E-state index contributed by atoms with van der Waals surface area (Å²) in [6.45, 7) is 5.03. The Morgan fingerprint density at radius 3 is 2.45 bits per heavy atom. The molecule has 0 saturated carbocycles. The zero-order chi connectivity index (χ0) is 14.6. The van der Waals surface area contributed by atoms with Gasteiger partial charge in [0.25, 0.3) is 10.0 Å². The van der Waals surface area contributed by atoms with Gasteiger partial charge >= 0.3 is 0 Å². The fourth-order valence-corrected chi connectivity index (χ4v) is 2.67. The molecule has 0 unspecified atom stereocenters. The molecule has 108 valence electrons. The van der Waals surface area contributed by atoms with E-state index in [1.165, 1.54) is 12.1 Å². The number of sulfonamides is 1. The molecule has 0 fully saturated rings. The average molecular weight is 295 g/mol. The van der Waals surface area contributed by atoms with Crippen LogP contribution in [0, 0.1) is 0 Å². The first kappa shape index (κ1) is 14.4. The molecular weight excluding hydrogens is 278 g/mol. The van der Waals surface area contributed by atoms with E-state index < -0.39 is 10.0 Å². The van der Waals surface area contributed by atoms with Crippen LogP contribution in [0.1, 0.15) is 13.8 Å². The summed E-state index contributed by atoms with van der Waals surface area (Å²) in [5.74, 6) is 0.947. The third-order valence-corrected chi connectivity index (χ3v) is 4.02. The molecule has 2 aromatic rings. The molecule has 0 atom stereocenters. The van der Waals surface area contributed by atoms with Crippen molar-refractivity contribution in [1.82, 2.24) is 9.78 Å². The maximum atomic E-state index is 12.2. The smallest absolute Gasteiger partial charge is 0.263 e. The van der Waals surface area contributed by atoms with Crippen molar-refractivity contribution in [3.8, 4) is 5.75 Å². The van der Waals surface area contributed by atoms with Crippen molar-refractivity contribution in [2.24, 2.45) is 0 Å². The van der Waals surface area contributed by atoms with Crippen LogP contribution in [0.2, 0.25) is 0 Å². The van der Waals surface area contributed by atoms with Crippen LogP contribution in [0.15, 0.2) is 41.4 Å². The highest BCUT2D eigenvalue weighted by atomic mass is 32.2. The third-order valence-electron chi connectivity index (χ3n) is 2.65. The summed E-state index contributed by atoms with van der Waals surface area (Å²) in [7, 11) is -3.62. The monoisotopic (exact) mass is 295 g/mol. The number of hydrogen-bond donors (Lipinski definition) is 1. The van der Waals surface area contributed by atoms with Crippen molar-refractivity contribution < 1.29 is 13.2 Å². The number of hydrogen-bond acceptors (Lipinski definition) is 4. The second kappa shape index (κ2) is 5.96. The van der Waals surface area contributed by atoms with Gasteiger partial charge in [0.15, 0.2) is 5.82 Å². The fourth-order valence-electron chi connectivity index (χ4n) is 1.67. The molecule has 2 rings (SSSR count). The van der Waals surface area contributed by atoms with Crippen LogP contribution in [0.5, 0.6) is 5.75 Å². The Morgan fingerprint density at radius 1 is 1.20 bits per heavy atom. The van der Waals surface area contributed by atoms with Gasteiger partial charge < -0.3 is 4.74 Å². The highest BCUT2D eigenvalue weighted by molar-refractivity contribution is 7.92. The van der Waals surface area contributed by atoms with Gasteiger partial charge in [-0.3, -0.25) is 9.40 Å². The summed E-state index contributed by atoms with van der Waals surface area (Å²) in [4.78, 5) is 0.173. The summed E-state index contributed by atoms with van der Waals surface area (Å²) in [6.07, 6.45) is 1.72. The van der Waals surface area contributed by atoms with E-state index in [-0.39, 0.29) is 4.90 Å². The van der Waals surface area contributed by atoms with E-state index in [0.717, 1.165) is 0 Å². The van der Waals surface area contributed by atoms with E-state index in [4.69, 9.17) is 4.74 Å². The second-order valence-electron chi connectivity index (χ2n) is 4.07. The lowest BCUT2D eigenvalue weighted by molar-refractivity contribution is 0.340. The molecule has 0 aliphatic carbocycles. The minimum absolute atomic E-state index is 0.173. The minimum atomic E-state index is -3.62. The van der Waals surface area contributed by atoms with Crippen molar-refractivity contribution in [1.29, 1.82) is 0 Å². The van der Waals surface area contributed by atoms with Crippen LogP contribution in [0.25, 0.3) is 0 Å². The summed E-state index contributed by atoms with van der Waals surface area (Å²) < 4.78 is 33.7. The van der Waals surface area contributed by atoms with E-state index in [1.807, 2.05) is 13.8 Å². The molecule has 1 N–H and O–H groups in total. The maximum Gasteiger partial charge on any atom is 0.263 e. The van der Waals surface area contributed by atoms with Crippen LogP contribution < -0.4 is 9.46 Å². The molecule has 0 spiro atoms. The number of anilines is 1. The predicted molar refractivity (Wildman–Crippen MR) is 76.3 cm³/mol. The van der Waals surface area contributed by atoms with Crippen LogP contribution in [-0.4, -0.2) is 24.8 Å². The van der Waals surface area contributed by atoms with Gasteiger partial charge in [0, 0.05) is 18.8 Å². The van der Waals surface area contributed by atoms with E-state index in [9.17, 15) is 8.42 Å². The number of ether oxygens (including phenoxy) is 1. The molecule has 0 amide bonds. The molecule has 1 aromatic heterocycles. The molecule has 6 nitrogen and oxygen atoms in total. The molecule has 20 heavy (non-hydrogen) atoms. The standard InChI is InChI=1S/C13H17N3O3S/c1-3-16-10-9-13(14-16)15-20(17,18)12-7-5-11(6-8-12)19-4-2/h5-10H,3-4H2,1-2H3,(H,14,15). The van der Waals surface area contributed by atoms with Crippen molar-refractivity contribution in [3.05, 3.63) is 36.5 Å². The van der Waals surface area contributed by atoms with E-state index in [0.29, 0.717) is 24.7 Å². The zero-order valence-corrected chi connectivity index (χ0v) is 12.2. The summed E-state index contributed by atoms with van der Waals surface area (Å²) >= 11 is 0. The highest BCUT2D eigenvalue weighted by Crippen LogP contribution is 2.18. The lowest BCUT2D eigenvalue weighted by Gasteiger charge is -2.07. The minimum Gasteiger partial charge on any atom is -0.494 e. The van der Waals surface area contributed by atoms with Gasteiger partial charge in [0.1, 0.15) is 5.75 Å². The Bertz CT molecular complexity index is 662. The number of nitrogens with one attached hydrogen (secondary N) is 1. The Balaban J connectivity index is 2.17. The van der Waals surface area contributed by atoms with Crippen LogP contribution in [0.3, 0.4) is 0 Å². The topological polar surface area (TPSA) is 73.2 Å². The second-order valence-corrected chi connectivity index (χ2v) is 5.75. The molecule has 1 heterocycles. The van der Waals surface area contributed by atoms with Crippen molar-refractivity contribution in [2.45, 2.75) is 25.3 Å². The van der Waals surface area contributed by atoms with E-state index >= 15 is 0 Å². The SMILES string of the molecule is CCOc1ccc(S(=O)(=O)Nc2ccn(CC)n2)cc1. The normalized spacial score (nSPS) is 11.3. The van der Waals surface area contributed by atoms with Crippen LogP contribution >= 0.6 is 0 Å². The summed E-state index contributed by atoms with van der Waals surface area (Å²) in [5.41, 5.74) is 0. The van der Waals surface area contributed by atoms with Gasteiger partial charge in [-0.1, -0.05) is 0 Å². The molecule has 0 radical (unpaired) electrons. The highest BCUT2D eigenvalue weighted by Gasteiger charge is 2.15. The van der Waals surface area contributed by atoms with Gasteiger partial charge in [-0.2, -0.15) is 5.10 Å². The molecule has 0 bridgehead atoms. The number of aryl methyl sites for hydroxylation is 1. The molecule has 0 saturated heterocycles. The number of nitrogens with zero attached hydrogens (tertiary/aromatic N) is 2.